The lowest BCUT2D eigenvalue weighted by molar-refractivity contribution is -0.128. The number of carbonyl (C=O) groups excluding carboxylic acids is 2. The molecule has 1 aliphatic rings. The van der Waals surface area contributed by atoms with Crippen molar-refractivity contribution in [1.82, 2.24) is 10.2 Å². The molecule has 2 amide bonds. The van der Waals surface area contributed by atoms with Crippen molar-refractivity contribution in [3.8, 4) is 0 Å². The lowest BCUT2D eigenvalue weighted by atomic mass is 9.93. The van der Waals surface area contributed by atoms with Crippen LogP contribution in [-0.4, -0.2) is 16.7 Å². The van der Waals surface area contributed by atoms with Crippen molar-refractivity contribution in [2.24, 2.45) is 0 Å². The second kappa shape index (κ2) is 7.79. The average molecular weight is 399 g/mol. The van der Waals surface area contributed by atoms with E-state index in [1.165, 1.54) is 0 Å². The Morgan fingerprint density at radius 2 is 1.47 bits per heavy atom. The summed E-state index contributed by atoms with van der Waals surface area (Å²) < 4.78 is 0. The zero-order valence-electron chi connectivity index (χ0n) is 17.5. The molecule has 4 nitrogen and oxygen atoms in total. The minimum atomic E-state index is -0.674. The number of benzene rings is 3. The summed E-state index contributed by atoms with van der Waals surface area (Å²) in [6, 6.07) is 26.2. The summed E-state index contributed by atoms with van der Waals surface area (Å²) in [7, 11) is 0. The Morgan fingerprint density at radius 3 is 2.13 bits per heavy atom. The molecule has 0 spiro atoms. The van der Waals surface area contributed by atoms with E-state index in [0.29, 0.717) is 5.56 Å². The van der Waals surface area contributed by atoms with Crippen LogP contribution in [0.15, 0.2) is 84.9 Å². The highest BCUT2D eigenvalue weighted by atomic mass is 16.2. The molecule has 0 aromatic heterocycles. The van der Waals surface area contributed by atoms with Gasteiger partial charge in [0.05, 0.1) is 11.6 Å². The standard InChI is InChI=1S/C26H26N2O2/c1-18(19-12-6-4-7-13-19)28-23(21-16-10-11-17-22(21)25(28)30)24(29)27-26(2,3)20-14-8-5-9-15-20/h4-18,23H,1-3H3,(H,27,29). The van der Waals surface area contributed by atoms with E-state index in [-0.39, 0.29) is 17.9 Å². The Morgan fingerprint density at radius 1 is 0.900 bits per heavy atom. The zero-order valence-corrected chi connectivity index (χ0v) is 17.5. The monoisotopic (exact) mass is 398 g/mol. The normalized spacial score (nSPS) is 16.8. The second-order valence-corrected chi connectivity index (χ2v) is 8.27. The van der Waals surface area contributed by atoms with Gasteiger partial charge in [-0.2, -0.15) is 0 Å². The third-order valence-corrected chi connectivity index (χ3v) is 5.88. The molecular weight excluding hydrogens is 372 g/mol. The van der Waals surface area contributed by atoms with E-state index in [9.17, 15) is 9.59 Å². The van der Waals surface area contributed by atoms with E-state index in [1.54, 1.807) is 11.0 Å². The highest BCUT2D eigenvalue weighted by Crippen LogP contribution is 2.40. The molecule has 1 heterocycles. The van der Waals surface area contributed by atoms with Gasteiger partial charge in [-0.05, 0) is 43.5 Å². The van der Waals surface area contributed by atoms with Crippen LogP contribution in [0.3, 0.4) is 0 Å². The molecule has 2 atom stereocenters. The lowest BCUT2D eigenvalue weighted by Crippen LogP contribution is -2.47. The van der Waals surface area contributed by atoms with Gasteiger partial charge in [0.1, 0.15) is 6.04 Å². The molecule has 1 N–H and O–H groups in total. The van der Waals surface area contributed by atoms with Crippen molar-refractivity contribution in [3.63, 3.8) is 0 Å². The third kappa shape index (κ3) is 3.50. The van der Waals surface area contributed by atoms with Gasteiger partial charge in [-0.1, -0.05) is 78.9 Å². The van der Waals surface area contributed by atoms with E-state index in [4.69, 9.17) is 0 Å². The molecule has 0 bridgehead atoms. The van der Waals surface area contributed by atoms with Crippen molar-refractivity contribution < 1.29 is 9.59 Å². The van der Waals surface area contributed by atoms with Gasteiger partial charge in [0.2, 0.25) is 5.91 Å². The SMILES string of the molecule is CC(c1ccccc1)N1C(=O)c2ccccc2C1C(=O)NC(C)(C)c1ccccc1. The van der Waals surface area contributed by atoms with Gasteiger partial charge in [0.15, 0.2) is 0 Å². The molecule has 0 fully saturated rings. The highest BCUT2D eigenvalue weighted by molar-refractivity contribution is 6.05. The van der Waals surface area contributed by atoms with Gasteiger partial charge in [0.25, 0.3) is 5.91 Å². The number of hydrogen-bond acceptors (Lipinski definition) is 2. The number of rotatable bonds is 5. The van der Waals surface area contributed by atoms with Crippen LogP contribution in [0.2, 0.25) is 0 Å². The first-order chi connectivity index (χ1) is 14.4. The van der Waals surface area contributed by atoms with Crippen LogP contribution in [0.25, 0.3) is 0 Å². The maximum absolute atomic E-state index is 13.6. The van der Waals surface area contributed by atoms with Crippen LogP contribution in [0, 0.1) is 0 Å². The van der Waals surface area contributed by atoms with Crippen molar-refractivity contribution in [1.29, 1.82) is 0 Å². The maximum Gasteiger partial charge on any atom is 0.255 e. The summed E-state index contributed by atoms with van der Waals surface area (Å²) in [6.45, 7) is 5.93. The number of nitrogens with zero attached hydrogens (tertiary/aromatic N) is 1. The van der Waals surface area contributed by atoms with E-state index in [1.807, 2.05) is 99.6 Å². The molecule has 0 radical (unpaired) electrons. The molecule has 152 valence electrons. The first-order valence-corrected chi connectivity index (χ1v) is 10.2. The summed E-state index contributed by atoms with van der Waals surface area (Å²) in [5.41, 5.74) is 2.79. The number of amides is 2. The minimum Gasteiger partial charge on any atom is -0.345 e. The summed E-state index contributed by atoms with van der Waals surface area (Å²) in [5, 5.41) is 3.18. The Kier molecular flexibility index (Phi) is 5.17. The topological polar surface area (TPSA) is 49.4 Å². The molecule has 2 unspecified atom stereocenters. The highest BCUT2D eigenvalue weighted by Gasteiger charge is 2.44. The number of fused-ring (bicyclic) bond motifs is 1. The van der Waals surface area contributed by atoms with Gasteiger partial charge in [0, 0.05) is 5.56 Å². The maximum atomic E-state index is 13.6. The largest absolute Gasteiger partial charge is 0.345 e. The molecule has 0 saturated heterocycles. The van der Waals surface area contributed by atoms with E-state index in [0.717, 1.165) is 16.7 Å². The van der Waals surface area contributed by atoms with Gasteiger partial charge >= 0.3 is 0 Å². The predicted molar refractivity (Wildman–Crippen MR) is 118 cm³/mol. The summed E-state index contributed by atoms with van der Waals surface area (Å²) in [4.78, 5) is 28.6. The van der Waals surface area contributed by atoms with Crippen LogP contribution in [0.1, 0.15) is 59.9 Å². The predicted octanol–water partition coefficient (Wildman–Crippen LogP) is 5.00. The first-order valence-electron chi connectivity index (χ1n) is 10.2. The fourth-order valence-electron chi connectivity index (χ4n) is 4.20. The van der Waals surface area contributed by atoms with Gasteiger partial charge < -0.3 is 10.2 Å². The third-order valence-electron chi connectivity index (χ3n) is 5.88. The summed E-state index contributed by atoms with van der Waals surface area (Å²) in [5.74, 6) is -0.287. The van der Waals surface area contributed by atoms with E-state index < -0.39 is 11.6 Å². The zero-order chi connectivity index (χ0) is 21.3. The fraction of sp³-hybridized carbons (Fsp3) is 0.231. The van der Waals surface area contributed by atoms with Crippen molar-refractivity contribution in [3.05, 3.63) is 107 Å². The Bertz CT molecular complexity index is 1060. The number of nitrogens with one attached hydrogen (secondary N) is 1. The number of carbonyl (C=O) groups is 2. The Hall–Kier alpha value is -3.40. The molecule has 0 saturated carbocycles. The van der Waals surface area contributed by atoms with Crippen molar-refractivity contribution >= 4 is 11.8 Å². The van der Waals surface area contributed by atoms with Crippen LogP contribution < -0.4 is 5.32 Å². The first kappa shape index (κ1) is 19.9. The molecular formula is C26H26N2O2. The molecule has 3 aromatic rings. The average Bonchev–Trinajstić information content (AvgIpc) is 3.07. The van der Waals surface area contributed by atoms with Gasteiger partial charge in [-0.25, -0.2) is 0 Å². The molecule has 0 aliphatic carbocycles. The molecule has 30 heavy (non-hydrogen) atoms. The number of hydrogen-bond donors (Lipinski definition) is 1. The second-order valence-electron chi connectivity index (χ2n) is 8.27. The molecule has 1 aliphatic heterocycles. The van der Waals surface area contributed by atoms with Crippen molar-refractivity contribution in [2.75, 3.05) is 0 Å². The van der Waals surface area contributed by atoms with Crippen LogP contribution >= 0.6 is 0 Å². The quantitative estimate of drug-likeness (QED) is 0.658. The lowest BCUT2D eigenvalue weighted by Gasteiger charge is -2.34. The van der Waals surface area contributed by atoms with Crippen LogP contribution in [0.5, 0.6) is 0 Å². The molecule has 4 heteroatoms. The fourth-order valence-corrected chi connectivity index (χ4v) is 4.20. The van der Waals surface area contributed by atoms with E-state index >= 15 is 0 Å². The molecule has 4 rings (SSSR count). The Balaban J connectivity index is 1.71. The van der Waals surface area contributed by atoms with Crippen LogP contribution in [-0.2, 0) is 10.3 Å². The van der Waals surface area contributed by atoms with Gasteiger partial charge in [-0.15, -0.1) is 0 Å². The van der Waals surface area contributed by atoms with Crippen LogP contribution in [0.4, 0.5) is 0 Å². The Labute approximate surface area is 177 Å². The smallest absolute Gasteiger partial charge is 0.255 e. The summed E-state index contributed by atoms with van der Waals surface area (Å²) >= 11 is 0. The summed E-state index contributed by atoms with van der Waals surface area (Å²) in [6.07, 6.45) is 0. The minimum absolute atomic E-state index is 0.111. The van der Waals surface area contributed by atoms with Crippen molar-refractivity contribution in [2.45, 2.75) is 38.4 Å². The molecule has 3 aromatic carbocycles. The van der Waals surface area contributed by atoms with E-state index in [2.05, 4.69) is 5.32 Å². The van der Waals surface area contributed by atoms with Gasteiger partial charge in [-0.3, -0.25) is 9.59 Å².